The number of anilines is 1. The first-order valence-electron chi connectivity index (χ1n) is 5.02. The first kappa shape index (κ1) is 12.1. The van der Waals surface area contributed by atoms with E-state index in [1.54, 1.807) is 7.05 Å². The smallest absolute Gasteiger partial charge is 0.254 e. The molecule has 0 radical (unpaired) electrons. The fraction of sp³-hybridized carbons (Fsp3) is 0.308. The third kappa shape index (κ3) is 2.77. The number of nitrogens with zero attached hydrogens (tertiary/aromatic N) is 2. The van der Waals surface area contributed by atoms with E-state index in [0.29, 0.717) is 12.1 Å². The van der Waals surface area contributed by atoms with Crippen molar-refractivity contribution >= 4 is 11.6 Å². The van der Waals surface area contributed by atoms with Gasteiger partial charge in [-0.15, -0.1) is 6.42 Å². The van der Waals surface area contributed by atoms with Crippen LogP contribution in [0.4, 0.5) is 5.69 Å². The molecule has 0 atom stereocenters. The van der Waals surface area contributed by atoms with Crippen LogP contribution in [0.3, 0.4) is 0 Å². The topological polar surface area (TPSA) is 23.6 Å². The van der Waals surface area contributed by atoms with Gasteiger partial charge >= 0.3 is 0 Å². The number of amides is 1. The van der Waals surface area contributed by atoms with Gasteiger partial charge in [-0.05, 0) is 24.3 Å². The van der Waals surface area contributed by atoms with Crippen LogP contribution in [0.15, 0.2) is 24.3 Å². The number of rotatable bonds is 3. The molecular weight excluding hydrogens is 200 g/mol. The maximum absolute atomic E-state index is 11.8. The summed E-state index contributed by atoms with van der Waals surface area (Å²) in [5, 5.41) is 0. The van der Waals surface area contributed by atoms with Gasteiger partial charge < -0.3 is 9.80 Å². The van der Waals surface area contributed by atoms with Gasteiger partial charge in [0.1, 0.15) is 0 Å². The molecule has 0 unspecified atom stereocenters. The summed E-state index contributed by atoms with van der Waals surface area (Å²) in [7, 11) is 5.62. The van der Waals surface area contributed by atoms with Crippen LogP contribution in [-0.2, 0) is 0 Å². The van der Waals surface area contributed by atoms with Crippen molar-refractivity contribution in [1.29, 1.82) is 0 Å². The molecular formula is C13H16N2O. The molecule has 0 saturated carbocycles. The van der Waals surface area contributed by atoms with Gasteiger partial charge in [-0.2, -0.15) is 0 Å². The van der Waals surface area contributed by atoms with Gasteiger partial charge in [0, 0.05) is 32.4 Å². The van der Waals surface area contributed by atoms with Crippen molar-refractivity contribution in [3.63, 3.8) is 0 Å². The Kier molecular flexibility index (Phi) is 3.96. The lowest BCUT2D eigenvalue weighted by Crippen LogP contribution is -2.26. The lowest BCUT2D eigenvalue weighted by atomic mass is 10.2. The molecule has 0 spiro atoms. The van der Waals surface area contributed by atoms with E-state index < -0.39 is 0 Å². The highest BCUT2D eigenvalue weighted by Gasteiger charge is 2.10. The predicted octanol–water partition coefficient (Wildman–Crippen LogP) is 1.46. The molecule has 0 bridgehead atoms. The zero-order chi connectivity index (χ0) is 12.1. The summed E-state index contributed by atoms with van der Waals surface area (Å²) < 4.78 is 0. The highest BCUT2D eigenvalue weighted by atomic mass is 16.2. The van der Waals surface area contributed by atoms with Crippen molar-refractivity contribution in [3.8, 4) is 12.3 Å². The van der Waals surface area contributed by atoms with E-state index in [9.17, 15) is 4.79 Å². The van der Waals surface area contributed by atoms with Crippen LogP contribution in [0.25, 0.3) is 0 Å². The van der Waals surface area contributed by atoms with Crippen LogP contribution in [0.2, 0.25) is 0 Å². The molecule has 0 aliphatic heterocycles. The highest BCUT2D eigenvalue weighted by molar-refractivity contribution is 5.94. The summed E-state index contributed by atoms with van der Waals surface area (Å²) in [6.07, 6.45) is 5.16. The normalized spacial score (nSPS) is 9.38. The Labute approximate surface area is 96.7 Å². The molecule has 1 aromatic carbocycles. The first-order valence-corrected chi connectivity index (χ1v) is 5.02. The van der Waals surface area contributed by atoms with Crippen LogP contribution in [0.1, 0.15) is 10.4 Å². The Morgan fingerprint density at radius 1 is 1.25 bits per heavy atom. The van der Waals surface area contributed by atoms with Crippen molar-refractivity contribution in [2.24, 2.45) is 0 Å². The number of hydrogen-bond acceptors (Lipinski definition) is 2. The van der Waals surface area contributed by atoms with Crippen LogP contribution in [0, 0.1) is 12.3 Å². The molecule has 0 aliphatic rings. The molecule has 0 aromatic heterocycles. The van der Waals surface area contributed by atoms with Crippen LogP contribution < -0.4 is 4.90 Å². The van der Waals surface area contributed by atoms with Crippen molar-refractivity contribution < 1.29 is 4.79 Å². The molecule has 3 nitrogen and oxygen atoms in total. The maximum atomic E-state index is 11.8. The summed E-state index contributed by atoms with van der Waals surface area (Å²) in [6.45, 7) is 0.328. The second-order valence-corrected chi connectivity index (χ2v) is 3.81. The average Bonchev–Trinajstić information content (AvgIpc) is 2.28. The SMILES string of the molecule is C#CCN(C)C(=O)c1ccc(N(C)C)cc1. The number of carbonyl (C=O) groups is 1. The fourth-order valence-corrected chi connectivity index (χ4v) is 1.33. The predicted molar refractivity (Wildman–Crippen MR) is 66.6 cm³/mol. The summed E-state index contributed by atoms with van der Waals surface area (Å²) in [5.41, 5.74) is 1.72. The van der Waals surface area contributed by atoms with Gasteiger partial charge in [0.2, 0.25) is 0 Å². The van der Waals surface area contributed by atoms with E-state index in [4.69, 9.17) is 6.42 Å². The highest BCUT2D eigenvalue weighted by Crippen LogP contribution is 2.13. The molecule has 1 amide bonds. The van der Waals surface area contributed by atoms with Crippen LogP contribution in [0.5, 0.6) is 0 Å². The maximum Gasteiger partial charge on any atom is 0.254 e. The summed E-state index contributed by atoms with van der Waals surface area (Å²) in [6, 6.07) is 7.45. The third-order valence-corrected chi connectivity index (χ3v) is 2.31. The van der Waals surface area contributed by atoms with E-state index in [1.807, 2.05) is 43.3 Å². The minimum absolute atomic E-state index is 0.0525. The third-order valence-electron chi connectivity index (χ3n) is 2.31. The minimum atomic E-state index is -0.0525. The zero-order valence-electron chi connectivity index (χ0n) is 9.90. The van der Waals surface area contributed by atoms with Gasteiger partial charge in [-0.25, -0.2) is 0 Å². The lowest BCUT2D eigenvalue weighted by Gasteiger charge is -2.15. The quantitative estimate of drug-likeness (QED) is 0.714. The van der Waals surface area contributed by atoms with E-state index in [2.05, 4.69) is 5.92 Å². The monoisotopic (exact) mass is 216 g/mol. The Morgan fingerprint density at radius 3 is 2.25 bits per heavy atom. The van der Waals surface area contributed by atoms with Crippen LogP contribution in [-0.4, -0.2) is 38.5 Å². The molecule has 1 aromatic rings. The van der Waals surface area contributed by atoms with Crippen molar-refractivity contribution in [2.75, 3.05) is 32.6 Å². The molecule has 16 heavy (non-hydrogen) atoms. The average molecular weight is 216 g/mol. The fourth-order valence-electron chi connectivity index (χ4n) is 1.33. The molecule has 0 N–H and O–H groups in total. The Bertz CT molecular complexity index is 401. The van der Waals surface area contributed by atoms with E-state index >= 15 is 0 Å². The lowest BCUT2D eigenvalue weighted by molar-refractivity contribution is 0.0812. The van der Waals surface area contributed by atoms with E-state index in [0.717, 1.165) is 5.69 Å². The van der Waals surface area contributed by atoms with Crippen molar-refractivity contribution in [1.82, 2.24) is 4.90 Å². The molecule has 0 saturated heterocycles. The molecule has 0 heterocycles. The Hall–Kier alpha value is -1.95. The van der Waals surface area contributed by atoms with E-state index in [1.165, 1.54) is 4.90 Å². The van der Waals surface area contributed by atoms with E-state index in [-0.39, 0.29) is 5.91 Å². The Balaban J connectivity index is 2.82. The van der Waals surface area contributed by atoms with Gasteiger partial charge in [0.05, 0.1) is 6.54 Å². The van der Waals surface area contributed by atoms with Gasteiger partial charge in [-0.3, -0.25) is 4.79 Å². The van der Waals surface area contributed by atoms with Crippen LogP contribution >= 0.6 is 0 Å². The number of terminal acetylenes is 1. The number of carbonyl (C=O) groups excluding carboxylic acids is 1. The summed E-state index contributed by atoms with van der Waals surface area (Å²) in [5.74, 6) is 2.39. The first-order chi connectivity index (χ1) is 7.56. The van der Waals surface area contributed by atoms with Gasteiger partial charge in [-0.1, -0.05) is 5.92 Å². The summed E-state index contributed by atoms with van der Waals surface area (Å²) in [4.78, 5) is 15.3. The van der Waals surface area contributed by atoms with Crippen molar-refractivity contribution in [2.45, 2.75) is 0 Å². The number of hydrogen-bond donors (Lipinski definition) is 0. The second-order valence-electron chi connectivity index (χ2n) is 3.81. The zero-order valence-corrected chi connectivity index (χ0v) is 9.90. The van der Waals surface area contributed by atoms with Gasteiger partial charge in [0.15, 0.2) is 0 Å². The van der Waals surface area contributed by atoms with Gasteiger partial charge in [0.25, 0.3) is 5.91 Å². The summed E-state index contributed by atoms with van der Waals surface area (Å²) >= 11 is 0. The molecule has 0 fully saturated rings. The second kappa shape index (κ2) is 5.22. The molecule has 1 rings (SSSR count). The number of benzene rings is 1. The van der Waals surface area contributed by atoms with Crippen molar-refractivity contribution in [3.05, 3.63) is 29.8 Å². The standard InChI is InChI=1S/C13H16N2O/c1-5-10-15(4)13(16)11-6-8-12(9-7-11)14(2)3/h1,6-9H,10H2,2-4H3. The minimum Gasteiger partial charge on any atom is -0.378 e. The Morgan fingerprint density at radius 2 is 1.81 bits per heavy atom. The molecule has 84 valence electrons. The largest absolute Gasteiger partial charge is 0.378 e. The molecule has 0 aliphatic carbocycles. The molecule has 3 heteroatoms.